The van der Waals surface area contributed by atoms with Gasteiger partial charge < -0.3 is 9.84 Å². The lowest BCUT2D eigenvalue weighted by molar-refractivity contribution is -0.116. The third kappa shape index (κ3) is 3.81. The van der Waals surface area contributed by atoms with Gasteiger partial charge in [-0.1, -0.05) is 23.2 Å². The van der Waals surface area contributed by atoms with Crippen LogP contribution in [-0.4, -0.2) is 21.3 Å². The number of phenolic OH excluding ortho intramolecular Hbond substituents is 1. The van der Waals surface area contributed by atoms with E-state index in [9.17, 15) is 9.90 Å². The number of thiol groups is 1. The van der Waals surface area contributed by atoms with Gasteiger partial charge in [-0.2, -0.15) is 0 Å². The molecule has 0 bridgehead atoms. The van der Waals surface area contributed by atoms with Crippen molar-refractivity contribution in [3.63, 3.8) is 0 Å². The van der Waals surface area contributed by atoms with Crippen LogP contribution in [0.2, 0.25) is 10.0 Å². The predicted molar refractivity (Wildman–Crippen MR) is 85.4 cm³/mol. The number of carbonyl (C=O) groups is 1. The summed E-state index contributed by atoms with van der Waals surface area (Å²) in [7, 11) is 0. The summed E-state index contributed by atoms with van der Waals surface area (Å²) in [5.74, 6) is 0.0560. The second-order valence-electron chi connectivity index (χ2n) is 4.26. The Bertz CT molecular complexity index is 694. The minimum Gasteiger partial charge on any atom is -0.504 e. The topological polar surface area (TPSA) is 59.4 Å². The molecule has 21 heavy (non-hydrogen) atoms. The van der Waals surface area contributed by atoms with Gasteiger partial charge >= 0.3 is 0 Å². The van der Waals surface area contributed by atoms with Crippen molar-refractivity contribution in [3.05, 3.63) is 40.5 Å². The number of hydrogen-bond acceptors (Lipinski definition) is 4. The molecule has 1 aromatic heterocycles. The Kier molecular flexibility index (Phi) is 4.98. The third-order valence-electron chi connectivity index (χ3n) is 2.69. The summed E-state index contributed by atoms with van der Waals surface area (Å²) in [6.45, 7) is 1.54. The van der Waals surface area contributed by atoms with Crippen molar-refractivity contribution in [1.82, 2.24) is 4.98 Å². The Hall–Kier alpha value is -1.43. The molecule has 0 spiro atoms. The van der Waals surface area contributed by atoms with Gasteiger partial charge in [-0.15, -0.1) is 12.6 Å². The fourth-order valence-electron chi connectivity index (χ4n) is 1.63. The van der Waals surface area contributed by atoms with E-state index in [1.807, 2.05) is 0 Å². The number of rotatable bonds is 4. The molecule has 1 heterocycles. The van der Waals surface area contributed by atoms with Crippen LogP contribution in [0.4, 0.5) is 0 Å². The minimum atomic E-state index is -0.762. The normalized spacial score (nSPS) is 12.0. The highest BCUT2D eigenvalue weighted by Crippen LogP contribution is 2.34. The number of pyridine rings is 1. The molecule has 110 valence electrons. The molecule has 4 nitrogen and oxygen atoms in total. The van der Waals surface area contributed by atoms with E-state index in [1.165, 1.54) is 18.3 Å². The molecule has 0 aliphatic carbocycles. The first kappa shape index (κ1) is 15.9. The zero-order valence-corrected chi connectivity index (χ0v) is 13.3. The van der Waals surface area contributed by atoms with E-state index in [1.54, 1.807) is 19.1 Å². The van der Waals surface area contributed by atoms with E-state index in [-0.39, 0.29) is 11.5 Å². The highest BCUT2D eigenvalue weighted by molar-refractivity contribution is 7.96. The summed E-state index contributed by atoms with van der Waals surface area (Å²) >= 11 is 15.5. The standard InChI is InChI=1S/C14H11Cl2NO3S/c1-7(14(19)21)20-12-3-2-8(4-11(12)18)13-10(16)5-9(15)6-17-13/h2-7,18H,1H3,(H,19,21). The van der Waals surface area contributed by atoms with E-state index in [4.69, 9.17) is 27.9 Å². The molecular formula is C14H11Cl2NO3S. The van der Waals surface area contributed by atoms with Crippen LogP contribution >= 0.6 is 35.8 Å². The number of aromatic nitrogens is 1. The molecule has 2 rings (SSSR count). The maximum Gasteiger partial charge on any atom is 0.226 e. The van der Waals surface area contributed by atoms with Crippen LogP contribution in [0, 0.1) is 0 Å². The van der Waals surface area contributed by atoms with Gasteiger partial charge in [0.1, 0.15) is 0 Å². The smallest absolute Gasteiger partial charge is 0.226 e. The van der Waals surface area contributed by atoms with E-state index in [0.717, 1.165) is 0 Å². The van der Waals surface area contributed by atoms with Crippen LogP contribution in [0.15, 0.2) is 30.5 Å². The molecule has 0 saturated carbocycles. The Balaban J connectivity index is 2.32. The van der Waals surface area contributed by atoms with Gasteiger partial charge in [0.15, 0.2) is 17.6 Å². The average molecular weight is 344 g/mol. The van der Waals surface area contributed by atoms with Crippen molar-refractivity contribution < 1.29 is 14.6 Å². The lowest BCUT2D eigenvalue weighted by Crippen LogP contribution is -2.18. The number of ether oxygens (including phenoxy) is 1. The molecule has 0 aliphatic rings. The van der Waals surface area contributed by atoms with Gasteiger partial charge in [0.25, 0.3) is 0 Å². The van der Waals surface area contributed by atoms with Crippen molar-refractivity contribution in [1.29, 1.82) is 0 Å². The molecule has 2 aromatic rings. The molecule has 1 unspecified atom stereocenters. The number of carbonyl (C=O) groups excluding carboxylic acids is 1. The van der Waals surface area contributed by atoms with E-state index in [2.05, 4.69) is 17.6 Å². The molecule has 0 aliphatic heterocycles. The third-order valence-corrected chi connectivity index (χ3v) is 3.55. The van der Waals surface area contributed by atoms with Crippen molar-refractivity contribution in [3.8, 4) is 22.8 Å². The van der Waals surface area contributed by atoms with Gasteiger partial charge in [-0.3, -0.25) is 9.78 Å². The molecule has 1 N–H and O–H groups in total. The van der Waals surface area contributed by atoms with Crippen LogP contribution in [-0.2, 0) is 4.79 Å². The number of benzene rings is 1. The lowest BCUT2D eigenvalue weighted by atomic mass is 10.1. The predicted octanol–water partition coefficient (Wildman–Crippen LogP) is 3.98. The number of nitrogens with zero attached hydrogens (tertiary/aromatic N) is 1. The highest BCUT2D eigenvalue weighted by Gasteiger charge is 2.14. The fourth-order valence-corrected chi connectivity index (χ4v) is 2.17. The quantitative estimate of drug-likeness (QED) is 0.824. The Morgan fingerprint density at radius 2 is 2.10 bits per heavy atom. The van der Waals surface area contributed by atoms with Crippen molar-refractivity contribution in [2.45, 2.75) is 13.0 Å². The van der Waals surface area contributed by atoms with Gasteiger partial charge in [-0.25, -0.2) is 0 Å². The summed E-state index contributed by atoms with van der Waals surface area (Å²) in [4.78, 5) is 15.2. The number of halogens is 2. The van der Waals surface area contributed by atoms with Crippen molar-refractivity contribution >= 4 is 40.9 Å². The minimum absolute atomic E-state index is 0.123. The Morgan fingerprint density at radius 1 is 1.38 bits per heavy atom. The average Bonchev–Trinajstić information content (AvgIpc) is 2.41. The van der Waals surface area contributed by atoms with Crippen LogP contribution in [0.25, 0.3) is 11.3 Å². The van der Waals surface area contributed by atoms with Gasteiger partial charge in [-0.05, 0) is 31.2 Å². The SMILES string of the molecule is CC(Oc1ccc(-c2ncc(Cl)cc2Cl)cc1O)C(=O)S. The largest absolute Gasteiger partial charge is 0.504 e. The number of phenols is 1. The molecule has 0 fully saturated rings. The zero-order chi connectivity index (χ0) is 15.6. The van der Waals surface area contributed by atoms with E-state index >= 15 is 0 Å². The number of hydrogen-bond donors (Lipinski definition) is 2. The van der Waals surface area contributed by atoms with E-state index < -0.39 is 11.2 Å². The Labute approximate surface area is 137 Å². The highest BCUT2D eigenvalue weighted by atomic mass is 35.5. The second-order valence-corrected chi connectivity index (χ2v) is 5.55. The fraction of sp³-hybridized carbons (Fsp3) is 0.143. The van der Waals surface area contributed by atoms with Crippen LogP contribution < -0.4 is 4.74 Å². The summed E-state index contributed by atoms with van der Waals surface area (Å²) in [5, 5.41) is 10.3. The first-order valence-corrected chi connectivity index (χ1v) is 7.12. The molecule has 1 atom stereocenters. The van der Waals surface area contributed by atoms with E-state index in [0.29, 0.717) is 21.3 Å². The molecule has 7 heteroatoms. The van der Waals surface area contributed by atoms with Gasteiger partial charge in [0, 0.05) is 11.8 Å². The molecule has 0 saturated heterocycles. The monoisotopic (exact) mass is 343 g/mol. The molecule has 0 radical (unpaired) electrons. The maximum atomic E-state index is 11.0. The maximum absolute atomic E-state index is 11.0. The molecular weight excluding hydrogens is 333 g/mol. The van der Waals surface area contributed by atoms with Crippen LogP contribution in [0.3, 0.4) is 0 Å². The first-order chi connectivity index (χ1) is 9.88. The summed E-state index contributed by atoms with van der Waals surface area (Å²) < 4.78 is 5.30. The second kappa shape index (κ2) is 6.56. The van der Waals surface area contributed by atoms with Gasteiger partial charge in [0.05, 0.1) is 15.7 Å². The Morgan fingerprint density at radius 3 is 2.67 bits per heavy atom. The molecule has 0 amide bonds. The summed E-state index contributed by atoms with van der Waals surface area (Å²) in [6.07, 6.45) is 0.702. The summed E-state index contributed by atoms with van der Waals surface area (Å²) in [5.41, 5.74) is 1.09. The van der Waals surface area contributed by atoms with Gasteiger partial charge in [0.2, 0.25) is 5.12 Å². The van der Waals surface area contributed by atoms with Crippen LogP contribution in [0.5, 0.6) is 11.5 Å². The van der Waals surface area contributed by atoms with Crippen molar-refractivity contribution in [2.75, 3.05) is 0 Å². The van der Waals surface area contributed by atoms with Crippen LogP contribution in [0.1, 0.15) is 6.92 Å². The summed E-state index contributed by atoms with van der Waals surface area (Å²) in [6, 6.07) is 6.22. The first-order valence-electron chi connectivity index (χ1n) is 5.92. The number of aromatic hydroxyl groups is 1. The van der Waals surface area contributed by atoms with Crippen molar-refractivity contribution in [2.24, 2.45) is 0 Å². The molecule has 1 aromatic carbocycles. The zero-order valence-electron chi connectivity index (χ0n) is 10.9. The lowest BCUT2D eigenvalue weighted by Gasteiger charge is -2.13.